The topological polar surface area (TPSA) is 91.1 Å². The summed E-state index contributed by atoms with van der Waals surface area (Å²) >= 11 is 0. The van der Waals surface area contributed by atoms with Crippen LogP contribution in [0, 0.1) is 0 Å². The minimum Gasteiger partial charge on any atom is -0.489 e. The van der Waals surface area contributed by atoms with E-state index in [0.29, 0.717) is 13.1 Å². The summed E-state index contributed by atoms with van der Waals surface area (Å²) in [6, 6.07) is 9.50. The fourth-order valence-corrected chi connectivity index (χ4v) is 2.22. The van der Waals surface area contributed by atoms with Crippen molar-refractivity contribution in [3.63, 3.8) is 0 Å². The smallest absolute Gasteiger partial charge is 0.341 e. The van der Waals surface area contributed by atoms with Crippen LogP contribution in [0.3, 0.4) is 0 Å². The lowest BCUT2D eigenvalue weighted by Crippen LogP contribution is -2.31. The van der Waals surface area contributed by atoms with Gasteiger partial charge in [-0.1, -0.05) is 18.2 Å². The first-order valence-corrected chi connectivity index (χ1v) is 6.38. The normalized spacial score (nSPS) is 18.2. The molecule has 1 aliphatic rings. The molecule has 1 aromatic carbocycles. The highest BCUT2D eigenvalue weighted by Gasteiger charge is 2.29. The molecule has 1 saturated heterocycles. The van der Waals surface area contributed by atoms with Gasteiger partial charge in [0.25, 0.3) is 5.91 Å². The molecule has 0 spiro atoms. The molecule has 1 atom stereocenters. The SMILES string of the molecule is O=C(c1n[nH]c(=O)[nH]1)N1CCC(Oc2ccccc2)C1. The van der Waals surface area contributed by atoms with Gasteiger partial charge in [0.2, 0.25) is 5.82 Å². The summed E-state index contributed by atoms with van der Waals surface area (Å²) in [4.78, 5) is 27.0. The number of carbonyl (C=O) groups is 1. The molecule has 1 aromatic heterocycles. The van der Waals surface area contributed by atoms with E-state index in [9.17, 15) is 9.59 Å². The molecule has 0 aliphatic carbocycles. The Bertz CT molecular complexity index is 649. The predicted molar refractivity (Wildman–Crippen MR) is 70.6 cm³/mol. The van der Waals surface area contributed by atoms with Gasteiger partial charge in [-0.3, -0.25) is 9.78 Å². The van der Waals surface area contributed by atoms with Crippen LogP contribution in [-0.2, 0) is 0 Å². The molecule has 1 aliphatic heterocycles. The second-order valence-corrected chi connectivity index (χ2v) is 4.62. The van der Waals surface area contributed by atoms with Gasteiger partial charge in [-0.25, -0.2) is 9.89 Å². The molecule has 0 saturated carbocycles. The third-order valence-corrected chi connectivity index (χ3v) is 3.18. The van der Waals surface area contributed by atoms with Crippen LogP contribution < -0.4 is 10.4 Å². The number of para-hydroxylation sites is 1. The van der Waals surface area contributed by atoms with Gasteiger partial charge in [0.1, 0.15) is 11.9 Å². The fourth-order valence-electron chi connectivity index (χ4n) is 2.22. The predicted octanol–water partition coefficient (Wildman–Crippen LogP) is 0.391. The van der Waals surface area contributed by atoms with Gasteiger partial charge >= 0.3 is 5.69 Å². The van der Waals surface area contributed by atoms with E-state index >= 15 is 0 Å². The highest BCUT2D eigenvalue weighted by Crippen LogP contribution is 2.18. The number of ether oxygens (including phenoxy) is 1. The third kappa shape index (κ3) is 2.56. The first-order chi connectivity index (χ1) is 9.72. The van der Waals surface area contributed by atoms with Crippen LogP contribution in [0.5, 0.6) is 5.75 Å². The molecule has 2 aromatic rings. The molecule has 2 N–H and O–H groups in total. The van der Waals surface area contributed by atoms with Crippen LogP contribution in [0.25, 0.3) is 0 Å². The maximum atomic E-state index is 12.1. The molecule has 20 heavy (non-hydrogen) atoms. The second kappa shape index (κ2) is 5.20. The van der Waals surface area contributed by atoms with Crippen molar-refractivity contribution in [2.75, 3.05) is 13.1 Å². The lowest BCUT2D eigenvalue weighted by molar-refractivity contribution is 0.0761. The highest BCUT2D eigenvalue weighted by molar-refractivity contribution is 5.90. The monoisotopic (exact) mass is 274 g/mol. The van der Waals surface area contributed by atoms with E-state index in [1.165, 1.54) is 0 Å². The van der Waals surface area contributed by atoms with Crippen LogP contribution in [0.2, 0.25) is 0 Å². The van der Waals surface area contributed by atoms with Gasteiger partial charge in [-0.05, 0) is 12.1 Å². The van der Waals surface area contributed by atoms with E-state index in [-0.39, 0.29) is 17.8 Å². The van der Waals surface area contributed by atoms with Gasteiger partial charge in [0.15, 0.2) is 0 Å². The number of H-pyrrole nitrogens is 2. The number of rotatable bonds is 3. The zero-order chi connectivity index (χ0) is 13.9. The summed E-state index contributed by atoms with van der Waals surface area (Å²) in [7, 11) is 0. The Hall–Kier alpha value is -2.57. The molecule has 7 nitrogen and oxygen atoms in total. The van der Waals surface area contributed by atoms with Crippen molar-refractivity contribution in [1.82, 2.24) is 20.1 Å². The van der Waals surface area contributed by atoms with E-state index in [2.05, 4.69) is 15.2 Å². The minimum absolute atomic E-state index is 0.0352. The number of carbonyl (C=O) groups excluding carboxylic acids is 1. The Labute approximate surface area is 114 Å². The van der Waals surface area contributed by atoms with E-state index in [1.807, 2.05) is 30.3 Å². The largest absolute Gasteiger partial charge is 0.489 e. The number of aromatic nitrogens is 3. The van der Waals surface area contributed by atoms with Crippen molar-refractivity contribution in [3.8, 4) is 5.75 Å². The summed E-state index contributed by atoms with van der Waals surface area (Å²) in [5, 5.41) is 5.83. The lowest BCUT2D eigenvalue weighted by Gasteiger charge is -2.15. The molecular formula is C13H14N4O3. The number of nitrogens with one attached hydrogen (secondary N) is 2. The Balaban J connectivity index is 1.62. The average molecular weight is 274 g/mol. The number of amides is 1. The van der Waals surface area contributed by atoms with Crippen molar-refractivity contribution >= 4 is 5.91 Å². The van der Waals surface area contributed by atoms with Crippen LogP contribution >= 0.6 is 0 Å². The number of hydrogen-bond donors (Lipinski definition) is 2. The van der Waals surface area contributed by atoms with Gasteiger partial charge in [-0.2, -0.15) is 0 Å². The molecule has 1 unspecified atom stereocenters. The van der Waals surface area contributed by atoms with Gasteiger partial charge in [-0.15, -0.1) is 5.10 Å². The zero-order valence-corrected chi connectivity index (χ0v) is 10.7. The number of benzene rings is 1. The van der Waals surface area contributed by atoms with Crippen molar-refractivity contribution in [2.24, 2.45) is 0 Å². The van der Waals surface area contributed by atoms with Gasteiger partial charge < -0.3 is 9.64 Å². The van der Waals surface area contributed by atoms with E-state index < -0.39 is 5.69 Å². The molecule has 0 bridgehead atoms. The van der Waals surface area contributed by atoms with Gasteiger partial charge in [0, 0.05) is 13.0 Å². The van der Waals surface area contributed by atoms with Crippen molar-refractivity contribution in [2.45, 2.75) is 12.5 Å². The molecule has 3 rings (SSSR count). The van der Waals surface area contributed by atoms with E-state index in [0.717, 1.165) is 12.2 Å². The molecular weight excluding hydrogens is 260 g/mol. The molecule has 0 radical (unpaired) electrons. The first kappa shape index (κ1) is 12.5. The summed E-state index contributed by atoms with van der Waals surface area (Å²) in [5.74, 6) is 0.540. The molecule has 104 valence electrons. The van der Waals surface area contributed by atoms with Crippen molar-refractivity contribution < 1.29 is 9.53 Å². The highest BCUT2D eigenvalue weighted by atomic mass is 16.5. The summed E-state index contributed by atoms with van der Waals surface area (Å²) in [6.07, 6.45) is 0.724. The summed E-state index contributed by atoms with van der Waals surface area (Å²) in [5.41, 5.74) is -0.482. The average Bonchev–Trinajstić information content (AvgIpc) is 3.08. The molecule has 1 fully saturated rings. The van der Waals surface area contributed by atoms with Crippen LogP contribution in [0.1, 0.15) is 17.0 Å². The Kier molecular flexibility index (Phi) is 3.24. The summed E-state index contributed by atoms with van der Waals surface area (Å²) in [6.45, 7) is 1.08. The Morgan fingerprint density at radius 1 is 1.35 bits per heavy atom. The second-order valence-electron chi connectivity index (χ2n) is 4.62. The maximum absolute atomic E-state index is 12.1. The fraction of sp³-hybridized carbons (Fsp3) is 0.308. The van der Waals surface area contributed by atoms with Crippen molar-refractivity contribution in [3.05, 3.63) is 46.6 Å². The third-order valence-electron chi connectivity index (χ3n) is 3.18. The number of likely N-dealkylation sites (tertiary alicyclic amines) is 1. The van der Waals surface area contributed by atoms with Crippen LogP contribution in [0.4, 0.5) is 0 Å². The van der Waals surface area contributed by atoms with E-state index in [1.54, 1.807) is 4.90 Å². The lowest BCUT2D eigenvalue weighted by atomic mass is 10.3. The molecule has 7 heteroatoms. The first-order valence-electron chi connectivity index (χ1n) is 6.38. The van der Waals surface area contributed by atoms with Crippen LogP contribution in [0.15, 0.2) is 35.1 Å². The number of hydrogen-bond acceptors (Lipinski definition) is 4. The van der Waals surface area contributed by atoms with Crippen LogP contribution in [-0.4, -0.2) is 45.2 Å². The number of nitrogens with zero attached hydrogens (tertiary/aromatic N) is 2. The Morgan fingerprint density at radius 3 is 2.85 bits per heavy atom. The number of aromatic amines is 2. The van der Waals surface area contributed by atoms with E-state index in [4.69, 9.17) is 4.74 Å². The minimum atomic E-state index is -0.482. The standard InChI is InChI=1S/C13H14N4O3/c18-12(11-14-13(19)16-15-11)17-7-6-10(8-17)20-9-4-2-1-3-5-9/h1-5,10H,6-8H2,(H2,14,15,16,19). The Morgan fingerprint density at radius 2 is 2.15 bits per heavy atom. The zero-order valence-electron chi connectivity index (χ0n) is 10.7. The molecule has 1 amide bonds. The quantitative estimate of drug-likeness (QED) is 0.847. The van der Waals surface area contributed by atoms with Gasteiger partial charge in [0.05, 0.1) is 6.54 Å². The molecule has 2 heterocycles. The van der Waals surface area contributed by atoms with Crippen molar-refractivity contribution in [1.29, 1.82) is 0 Å². The maximum Gasteiger partial charge on any atom is 0.341 e. The summed E-state index contributed by atoms with van der Waals surface area (Å²) < 4.78 is 5.80.